The maximum atomic E-state index is 13.5. The number of ether oxygens (including phenoxy) is 1. The Hall–Kier alpha value is -1.72. The summed E-state index contributed by atoms with van der Waals surface area (Å²) in [5.41, 5.74) is 0.122. The average molecular weight is 272 g/mol. The number of aliphatic hydroxyl groups is 1. The van der Waals surface area contributed by atoms with Gasteiger partial charge < -0.3 is 9.84 Å². The van der Waals surface area contributed by atoms with E-state index in [2.05, 4.69) is 4.98 Å². The third-order valence-corrected chi connectivity index (χ3v) is 2.35. The molecule has 94 valence electrons. The van der Waals surface area contributed by atoms with Gasteiger partial charge in [-0.2, -0.15) is 0 Å². The highest BCUT2D eigenvalue weighted by Crippen LogP contribution is 2.28. The summed E-state index contributed by atoms with van der Waals surface area (Å²) in [6, 6.07) is 6.45. The number of aliphatic hydroxyl groups excluding tert-OH is 1. The molecule has 0 atom stereocenters. The van der Waals surface area contributed by atoms with E-state index < -0.39 is 24.0 Å². The fourth-order valence-corrected chi connectivity index (χ4v) is 1.51. The van der Waals surface area contributed by atoms with Crippen LogP contribution in [-0.4, -0.2) is 10.1 Å². The van der Waals surface area contributed by atoms with Crippen LogP contribution in [0.1, 0.15) is 5.56 Å². The average Bonchev–Trinajstić information content (AvgIpc) is 2.33. The van der Waals surface area contributed by atoms with Gasteiger partial charge in [0.1, 0.15) is 5.15 Å². The van der Waals surface area contributed by atoms with Crippen LogP contribution < -0.4 is 4.74 Å². The maximum absolute atomic E-state index is 13.5. The van der Waals surface area contributed by atoms with Crippen molar-refractivity contribution in [3.63, 3.8) is 0 Å². The molecule has 6 heteroatoms. The van der Waals surface area contributed by atoms with Crippen LogP contribution in [-0.2, 0) is 6.61 Å². The number of nitrogens with zero attached hydrogens (tertiary/aromatic N) is 1. The molecule has 0 saturated heterocycles. The zero-order chi connectivity index (χ0) is 13.1. The summed E-state index contributed by atoms with van der Waals surface area (Å²) in [6.45, 7) is -0.455. The van der Waals surface area contributed by atoms with Gasteiger partial charge >= 0.3 is 0 Å². The van der Waals surface area contributed by atoms with E-state index in [-0.39, 0.29) is 16.6 Å². The van der Waals surface area contributed by atoms with E-state index in [1.165, 1.54) is 12.1 Å². The van der Waals surface area contributed by atoms with Gasteiger partial charge in [-0.15, -0.1) is 0 Å². The van der Waals surface area contributed by atoms with Gasteiger partial charge in [0.25, 0.3) is 0 Å². The second-order valence-electron chi connectivity index (χ2n) is 3.45. The summed E-state index contributed by atoms with van der Waals surface area (Å²) in [6.07, 6.45) is 0. The molecule has 1 aromatic heterocycles. The molecule has 1 heterocycles. The Morgan fingerprint density at radius 2 is 1.89 bits per heavy atom. The van der Waals surface area contributed by atoms with Gasteiger partial charge in [0, 0.05) is 6.07 Å². The molecule has 0 amide bonds. The monoisotopic (exact) mass is 271 g/mol. The van der Waals surface area contributed by atoms with Gasteiger partial charge in [-0.05, 0) is 23.8 Å². The third kappa shape index (κ3) is 2.75. The summed E-state index contributed by atoms with van der Waals surface area (Å²) < 4.78 is 32.1. The molecule has 3 nitrogen and oxygen atoms in total. The summed E-state index contributed by atoms with van der Waals surface area (Å²) >= 11 is 5.63. The molecule has 1 N–H and O–H groups in total. The molecular formula is C12H8ClF2NO2. The Balaban J connectivity index is 2.35. The van der Waals surface area contributed by atoms with E-state index in [0.717, 1.165) is 12.1 Å². The van der Waals surface area contributed by atoms with Crippen molar-refractivity contribution in [3.8, 4) is 11.6 Å². The molecular weight excluding hydrogens is 264 g/mol. The van der Waals surface area contributed by atoms with Gasteiger partial charge in [0.2, 0.25) is 11.6 Å². The first kappa shape index (κ1) is 12.7. The number of pyridine rings is 1. The Labute approximate surface area is 107 Å². The van der Waals surface area contributed by atoms with Crippen LogP contribution in [0.25, 0.3) is 0 Å². The highest BCUT2D eigenvalue weighted by Gasteiger charge is 2.14. The topological polar surface area (TPSA) is 42.4 Å². The van der Waals surface area contributed by atoms with Crippen molar-refractivity contribution in [2.75, 3.05) is 0 Å². The van der Waals surface area contributed by atoms with E-state index in [4.69, 9.17) is 21.4 Å². The smallest absolute Gasteiger partial charge is 0.220 e. The minimum Gasteiger partial charge on any atom is -0.433 e. The summed E-state index contributed by atoms with van der Waals surface area (Å²) in [5.74, 6) is -2.43. The Morgan fingerprint density at radius 3 is 2.44 bits per heavy atom. The molecule has 18 heavy (non-hydrogen) atoms. The van der Waals surface area contributed by atoms with E-state index in [1.54, 1.807) is 6.07 Å². The molecule has 0 spiro atoms. The predicted molar refractivity (Wildman–Crippen MR) is 61.6 cm³/mol. The molecule has 0 saturated carbocycles. The first-order valence-corrected chi connectivity index (χ1v) is 5.37. The lowest BCUT2D eigenvalue weighted by Gasteiger charge is -2.08. The molecule has 0 aliphatic heterocycles. The molecule has 0 unspecified atom stereocenters. The highest BCUT2D eigenvalue weighted by atomic mass is 35.5. The number of benzene rings is 1. The van der Waals surface area contributed by atoms with E-state index in [0.29, 0.717) is 0 Å². The standard InChI is InChI=1S/C12H8ClF2NO2/c13-10-2-1-3-11(16-10)18-12-8(14)4-7(6-17)5-9(12)15/h1-5,17H,6H2. The number of aromatic nitrogens is 1. The molecule has 0 aliphatic rings. The van der Waals surface area contributed by atoms with Gasteiger partial charge in [-0.1, -0.05) is 17.7 Å². The van der Waals surface area contributed by atoms with Crippen LogP contribution >= 0.6 is 11.6 Å². The highest BCUT2D eigenvalue weighted by molar-refractivity contribution is 6.29. The summed E-state index contributed by atoms with van der Waals surface area (Å²) in [4.78, 5) is 3.75. The van der Waals surface area contributed by atoms with Crippen molar-refractivity contribution < 1.29 is 18.6 Å². The Morgan fingerprint density at radius 1 is 1.22 bits per heavy atom. The van der Waals surface area contributed by atoms with Crippen molar-refractivity contribution in [2.45, 2.75) is 6.61 Å². The lowest BCUT2D eigenvalue weighted by Crippen LogP contribution is -1.97. The summed E-state index contributed by atoms with van der Waals surface area (Å²) in [7, 11) is 0. The minimum atomic E-state index is -0.916. The van der Waals surface area contributed by atoms with Crippen LogP contribution in [0.3, 0.4) is 0 Å². The molecule has 0 bridgehead atoms. The SMILES string of the molecule is OCc1cc(F)c(Oc2cccc(Cl)n2)c(F)c1. The van der Waals surface area contributed by atoms with E-state index >= 15 is 0 Å². The first-order chi connectivity index (χ1) is 8.60. The molecule has 2 aromatic rings. The number of hydrogen-bond donors (Lipinski definition) is 1. The number of rotatable bonds is 3. The van der Waals surface area contributed by atoms with Crippen LogP contribution in [0.5, 0.6) is 11.6 Å². The quantitative estimate of drug-likeness (QED) is 0.871. The molecule has 1 aromatic carbocycles. The molecule has 0 radical (unpaired) electrons. The number of hydrogen-bond acceptors (Lipinski definition) is 3. The third-order valence-electron chi connectivity index (χ3n) is 2.14. The largest absolute Gasteiger partial charge is 0.433 e. The van der Waals surface area contributed by atoms with Crippen molar-refractivity contribution >= 4 is 11.6 Å². The molecule has 2 rings (SSSR count). The Bertz CT molecular complexity index is 555. The van der Waals surface area contributed by atoms with Crippen molar-refractivity contribution in [3.05, 3.63) is 52.7 Å². The maximum Gasteiger partial charge on any atom is 0.220 e. The zero-order valence-corrected chi connectivity index (χ0v) is 9.79. The zero-order valence-electron chi connectivity index (χ0n) is 9.03. The predicted octanol–water partition coefficient (Wildman–Crippen LogP) is 3.30. The van der Waals surface area contributed by atoms with Crippen molar-refractivity contribution in [1.82, 2.24) is 4.98 Å². The first-order valence-electron chi connectivity index (χ1n) is 4.99. The van der Waals surface area contributed by atoms with Gasteiger partial charge in [-0.25, -0.2) is 13.8 Å². The van der Waals surface area contributed by atoms with E-state index in [1.807, 2.05) is 0 Å². The molecule has 0 fully saturated rings. The fourth-order valence-electron chi connectivity index (χ4n) is 1.35. The summed E-state index contributed by atoms with van der Waals surface area (Å²) in [5, 5.41) is 8.95. The van der Waals surface area contributed by atoms with Crippen molar-refractivity contribution in [2.24, 2.45) is 0 Å². The van der Waals surface area contributed by atoms with Gasteiger partial charge in [0.05, 0.1) is 6.61 Å². The number of halogens is 3. The van der Waals surface area contributed by atoms with Crippen molar-refractivity contribution in [1.29, 1.82) is 0 Å². The van der Waals surface area contributed by atoms with Crippen LogP contribution in [0, 0.1) is 11.6 Å². The Kier molecular flexibility index (Phi) is 3.74. The minimum absolute atomic E-state index is 0.0166. The van der Waals surface area contributed by atoms with Crippen LogP contribution in [0.2, 0.25) is 5.15 Å². The lowest BCUT2D eigenvalue weighted by atomic mass is 10.2. The van der Waals surface area contributed by atoms with E-state index in [9.17, 15) is 8.78 Å². The lowest BCUT2D eigenvalue weighted by molar-refractivity contribution is 0.279. The second-order valence-corrected chi connectivity index (χ2v) is 3.83. The van der Waals surface area contributed by atoms with Crippen LogP contribution in [0.4, 0.5) is 8.78 Å². The van der Waals surface area contributed by atoms with Gasteiger partial charge in [0.15, 0.2) is 11.6 Å². The second kappa shape index (κ2) is 5.29. The van der Waals surface area contributed by atoms with Gasteiger partial charge in [-0.3, -0.25) is 0 Å². The molecule has 0 aliphatic carbocycles. The normalized spacial score (nSPS) is 10.4. The fraction of sp³-hybridized carbons (Fsp3) is 0.0833. The van der Waals surface area contributed by atoms with Crippen LogP contribution in [0.15, 0.2) is 30.3 Å².